The molecule has 0 bridgehead atoms. The van der Waals surface area contributed by atoms with Gasteiger partial charge in [0.25, 0.3) is 5.91 Å². The first-order valence-electron chi connectivity index (χ1n) is 8.39. The van der Waals surface area contributed by atoms with E-state index in [1.165, 1.54) is 0 Å². The molecule has 3 aliphatic heterocycles. The van der Waals surface area contributed by atoms with E-state index in [0.29, 0.717) is 63.9 Å². The second-order valence-electron chi connectivity index (χ2n) is 6.18. The molecule has 134 valence electrons. The molecule has 7 nitrogen and oxygen atoms in total. The molecule has 8 heteroatoms. The van der Waals surface area contributed by atoms with Gasteiger partial charge in [-0.15, -0.1) is 0 Å². The van der Waals surface area contributed by atoms with Gasteiger partial charge in [-0.1, -0.05) is 18.2 Å². The van der Waals surface area contributed by atoms with Crippen LogP contribution < -0.4 is 0 Å². The molecule has 3 heterocycles. The smallest absolute Gasteiger partial charge is 0.268 e. The van der Waals surface area contributed by atoms with Crippen LogP contribution in [-0.2, 0) is 24.1 Å². The first-order chi connectivity index (χ1) is 12.1. The number of carbonyl (C=O) groups is 1. The number of sulfone groups is 1. The second kappa shape index (κ2) is 6.44. The monoisotopic (exact) mass is 364 g/mol. The quantitative estimate of drug-likeness (QED) is 0.753. The van der Waals surface area contributed by atoms with Gasteiger partial charge in [-0.2, -0.15) is 0 Å². The van der Waals surface area contributed by atoms with E-state index in [4.69, 9.17) is 9.47 Å². The van der Waals surface area contributed by atoms with Crippen molar-refractivity contribution in [3.05, 3.63) is 34.7 Å². The highest BCUT2D eigenvalue weighted by Crippen LogP contribution is 2.41. The number of carbonyl (C=O) groups excluding carboxylic acids is 1. The summed E-state index contributed by atoms with van der Waals surface area (Å²) in [7, 11) is -3.83. The summed E-state index contributed by atoms with van der Waals surface area (Å²) < 4.78 is 36.9. The molecule has 0 aromatic heterocycles. The van der Waals surface area contributed by atoms with Crippen LogP contribution in [0.4, 0.5) is 0 Å². The molecule has 0 N–H and O–H groups in total. The molecule has 0 radical (unpaired) electrons. The average molecular weight is 364 g/mol. The topological polar surface area (TPSA) is 76.2 Å². The molecule has 0 unspecified atom stereocenters. The molecule has 4 rings (SSSR count). The maximum absolute atomic E-state index is 13.1. The van der Waals surface area contributed by atoms with Crippen LogP contribution in [0.25, 0.3) is 5.70 Å². The Hall–Kier alpha value is -1.90. The Bertz CT molecular complexity index is 821. The van der Waals surface area contributed by atoms with Crippen LogP contribution in [0.5, 0.6) is 0 Å². The van der Waals surface area contributed by atoms with Crippen molar-refractivity contribution in [1.82, 2.24) is 9.80 Å². The fourth-order valence-electron chi connectivity index (χ4n) is 3.48. The zero-order valence-electron chi connectivity index (χ0n) is 13.8. The summed E-state index contributed by atoms with van der Waals surface area (Å²) in [4.78, 5) is 16.8. The zero-order valence-corrected chi connectivity index (χ0v) is 14.6. The number of nitrogens with zero attached hydrogens (tertiary/aromatic N) is 2. The van der Waals surface area contributed by atoms with E-state index >= 15 is 0 Å². The third-order valence-electron chi connectivity index (χ3n) is 4.74. The fraction of sp³-hybridized carbons (Fsp3) is 0.471. The minimum Gasteiger partial charge on any atom is -0.378 e. The first-order valence-corrected chi connectivity index (χ1v) is 9.87. The van der Waals surface area contributed by atoms with Crippen molar-refractivity contribution >= 4 is 21.4 Å². The summed E-state index contributed by atoms with van der Waals surface area (Å²) in [5.41, 5.74) is 1.14. The molecule has 25 heavy (non-hydrogen) atoms. The highest BCUT2D eigenvalue weighted by Gasteiger charge is 2.43. The van der Waals surface area contributed by atoms with E-state index in [1.807, 2.05) is 4.90 Å². The van der Waals surface area contributed by atoms with Gasteiger partial charge in [0, 0.05) is 31.7 Å². The van der Waals surface area contributed by atoms with E-state index in [0.717, 1.165) is 0 Å². The van der Waals surface area contributed by atoms with Gasteiger partial charge in [-0.05, 0) is 6.07 Å². The lowest BCUT2D eigenvalue weighted by Crippen LogP contribution is -2.43. The lowest BCUT2D eigenvalue weighted by Gasteiger charge is -2.32. The number of rotatable bonds is 2. The van der Waals surface area contributed by atoms with Crippen molar-refractivity contribution in [1.29, 1.82) is 0 Å². The molecule has 1 aromatic rings. The van der Waals surface area contributed by atoms with Crippen LogP contribution in [0.2, 0.25) is 0 Å². The minimum atomic E-state index is -3.83. The lowest BCUT2D eigenvalue weighted by atomic mass is 10.1. The molecular weight excluding hydrogens is 344 g/mol. The van der Waals surface area contributed by atoms with Crippen molar-refractivity contribution in [2.75, 3.05) is 52.6 Å². The van der Waals surface area contributed by atoms with E-state index in [1.54, 1.807) is 29.2 Å². The van der Waals surface area contributed by atoms with Gasteiger partial charge >= 0.3 is 0 Å². The van der Waals surface area contributed by atoms with Crippen molar-refractivity contribution in [2.45, 2.75) is 4.90 Å². The maximum Gasteiger partial charge on any atom is 0.268 e. The predicted molar refractivity (Wildman–Crippen MR) is 90.3 cm³/mol. The Balaban J connectivity index is 1.84. The highest BCUT2D eigenvalue weighted by molar-refractivity contribution is 7.97. The molecule has 2 saturated heterocycles. The Labute approximate surface area is 146 Å². The van der Waals surface area contributed by atoms with Gasteiger partial charge in [-0.3, -0.25) is 4.79 Å². The Morgan fingerprint density at radius 3 is 2.20 bits per heavy atom. The first kappa shape index (κ1) is 16.6. The molecule has 0 saturated carbocycles. The largest absolute Gasteiger partial charge is 0.378 e. The van der Waals surface area contributed by atoms with Crippen molar-refractivity contribution in [3.8, 4) is 0 Å². The number of hydrogen-bond acceptors (Lipinski definition) is 6. The summed E-state index contributed by atoms with van der Waals surface area (Å²) in [6.45, 7) is 3.85. The van der Waals surface area contributed by atoms with Crippen LogP contribution in [0, 0.1) is 0 Å². The van der Waals surface area contributed by atoms with Gasteiger partial charge in [0.15, 0.2) is 4.91 Å². The summed E-state index contributed by atoms with van der Waals surface area (Å²) in [5.74, 6) is -0.430. The third kappa shape index (κ3) is 2.74. The summed E-state index contributed by atoms with van der Waals surface area (Å²) in [6, 6.07) is 6.84. The highest BCUT2D eigenvalue weighted by atomic mass is 32.2. The maximum atomic E-state index is 13.1. The van der Waals surface area contributed by atoms with Gasteiger partial charge < -0.3 is 19.3 Å². The van der Waals surface area contributed by atoms with Gasteiger partial charge in [0.2, 0.25) is 9.84 Å². The number of fused-ring (bicyclic) bond motifs is 1. The van der Waals surface area contributed by atoms with E-state index < -0.39 is 15.7 Å². The minimum absolute atomic E-state index is 0.0995. The molecule has 0 spiro atoms. The Morgan fingerprint density at radius 1 is 0.920 bits per heavy atom. The molecule has 0 aliphatic carbocycles. The summed E-state index contributed by atoms with van der Waals surface area (Å²) in [5, 5.41) is 0. The number of ether oxygens (including phenoxy) is 2. The molecule has 1 aromatic carbocycles. The molecule has 0 atom stereocenters. The van der Waals surface area contributed by atoms with Crippen molar-refractivity contribution in [3.63, 3.8) is 0 Å². The summed E-state index contributed by atoms with van der Waals surface area (Å²) in [6.07, 6.45) is 0. The van der Waals surface area contributed by atoms with Crippen molar-refractivity contribution in [2.24, 2.45) is 0 Å². The number of hydrogen-bond donors (Lipinski definition) is 0. The average Bonchev–Trinajstić information content (AvgIpc) is 2.90. The second-order valence-corrected chi connectivity index (χ2v) is 8.04. The van der Waals surface area contributed by atoms with Crippen LogP contribution in [0.3, 0.4) is 0 Å². The van der Waals surface area contributed by atoms with E-state index in [9.17, 15) is 13.2 Å². The normalized spacial score (nSPS) is 22.9. The molecule has 1 amide bonds. The van der Waals surface area contributed by atoms with Gasteiger partial charge in [0.05, 0.1) is 37.0 Å². The van der Waals surface area contributed by atoms with Crippen molar-refractivity contribution < 1.29 is 22.7 Å². The van der Waals surface area contributed by atoms with Crippen LogP contribution in [0.15, 0.2) is 34.1 Å². The Kier molecular flexibility index (Phi) is 4.26. The van der Waals surface area contributed by atoms with Crippen LogP contribution in [-0.4, -0.2) is 76.7 Å². The fourth-order valence-corrected chi connectivity index (χ4v) is 5.27. The van der Waals surface area contributed by atoms with E-state index in [2.05, 4.69) is 0 Å². The van der Waals surface area contributed by atoms with Gasteiger partial charge in [0.1, 0.15) is 0 Å². The number of benzene rings is 1. The van der Waals surface area contributed by atoms with E-state index in [-0.39, 0.29) is 9.80 Å². The van der Waals surface area contributed by atoms with Crippen LogP contribution in [0.1, 0.15) is 5.56 Å². The lowest BCUT2D eigenvalue weighted by molar-refractivity contribution is -0.130. The molecule has 3 aliphatic rings. The predicted octanol–water partition coefficient (Wildman–Crippen LogP) is 0.334. The van der Waals surface area contributed by atoms with Gasteiger partial charge in [-0.25, -0.2) is 8.42 Å². The van der Waals surface area contributed by atoms with Crippen LogP contribution >= 0.6 is 0 Å². The third-order valence-corrected chi connectivity index (χ3v) is 6.58. The summed E-state index contributed by atoms with van der Waals surface area (Å²) >= 11 is 0. The SMILES string of the molecule is O=C(C1=C(N2CCOCC2)c2ccccc2S1(=O)=O)N1CCOCC1. The Morgan fingerprint density at radius 2 is 1.52 bits per heavy atom. The molecule has 2 fully saturated rings. The molecular formula is C17H20N2O5S. The standard InChI is InChI=1S/C17H20N2O5S/c20-17(19-7-11-24-12-8-19)16-15(18-5-9-23-10-6-18)13-3-1-2-4-14(13)25(16,21)22/h1-4H,5-12H2. The zero-order chi connectivity index (χ0) is 17.4. The number of amides is 1. The number of morpholine rings is 2.